The van der Waals surface area contributed by atoms with Crippen molar-refractivity contribution in [3.8, 4) is 0 Å². The average Bonchev–Trinajstić information content (AvgIpc) is 2.73. The highest BCUT2D eigenvalue weighted by Crippen LogP contribution is 2.33. The maximum absolute atomic E-state index is 12.7. The van der Waals surface area contributed by atoms with Crippen LogP contribution in [0.1, 0.15) is 31.9 Å². The molecular weight excluding hydrogens is 340 g/mol. The first-order valence-corrected chi connectivity index (χ1v) is 9.70. The maximum atomic E-state index is 12.7. The number of fused-ring (bicyclic) bond motifs is 1. The molecule has 0 radical (unpaired) electrons. The summed E-state index contributed by atoms with van der Waals surface area (Å²) in [6, 6.07) is 8.10. The Bertz CT molecular complexity index is 965. The smallest absolute Gasteiger partial charge is 0.344 e. The molecule has 5 heteroatoms. The van der Waals surface area contributed by atoms with E-state index in [1.807, 2.05) is 18.2 Å². The summed E-state index contributed by atoms with van der Waals surface area (Å²) in [6.45, 7) is 5.96. The Hall–Kier alpha value is -2.53. The van der Waals surface area contributed by atoms with Gasteiger partial charge in [0.1, 0.15) is 5.76 Å². The van der Waals surface area contributed by atoms with E-state index in [2.05, 4.69) is 29.3 Å². The van der Waals surface area contributed by atoms with Crippen molar-refractivity contribution < 1.29 is 9.15 Å². The molecule has 1 saturated heterocycles. The number of benzene rings is 1. The van der Waals surface area contributed by atoms with E-state index in [4.69, 9.17) is 9.15 Å². The molecule has 1 N–H and O–H groups in total. The number of nitrogens with zero attached hydrogens (tertiary/aromatic N) is 1. The molecule has 0 saturated carbocycles. The number of rotatable bonds is 4. The second-order valence-electron chi connectivity index (χ2n) is 7.08. The first-order valence-electron chi connectivity index (χ1n) is 9.70. The van der Waals surface area contributed by atoms with Crippen molar-refractivity contribution >= 4 is 22.0 Å². The topological polar surface area (TPSA) is 54.7 Å². The van der Waals surface area contributed by atoms with Gasteiger partial charge in [-0.1, -0.05) is 13.0 Å². The fourth-order valence-electron chi connectivity index (χ4n) is 3.95. The molecule has 4 rings (SSSR count). The zero-order valence-corrected chi connectivity index (χ0v) is 16.0. The van der Waals surface area contributed by atoms with E-state index in [1.165, 1.54) is 5.57 Å². The van der Waals surface area contributed by atoms with Crippen LogP contribution in [0, 0.1) is 0 Å². The zero-order chi connectivity index (χ0) is 18.8. The van der Waals surface area contributed by atoms with E-state index >= 15 is 0 Å². The van der Waals surface area contributed by atoms with Crippen molar-refractivity contribution in [2.45, 2.75) is 26.2 Å². The summed E-state index contributed by atoms with van der Waals surface area (Å²) in [5.41, 5.74) is 3.07. The van der Waals surface area contributed by atoms with Crippen LogP contribution in [0.15, 0.2) is 50.9 Å². The number of hydrogen-bond acceptors (Lipinski definition) is 5. The fourth-order valence-corrected chi connectivity index (χ4v) is 3.95. The van der Waals surface area contributed by atoms with E-state index < -0.39 is 0 Å². The Kier molecular flexibility index (Phi) is 5.03. The Labute approximate surface area is 159 Å². The number of nitrogens with one attached hydrogen (secondary N) is 1. The molecule has 27 heavy (non-hydrogen) atoms. The third-order valence-corrected chi connectivity index (χ3v) is 5.50. The van der Waals surface area contributed by atoms with Gasteiger partial charge in [-0.15, -0.1) is 0 Å². The SMILES string of the molecule is CCC1=C(OC)CCC(c2cc3ccc(N4CCNCC4)cc3c(=O)o2)=C1. The molecule has 2 aliphatic rings. The van der Waals surface area contributed by atoms with Crippen molar-refractivity contribution in [3.63, 3.8) is 0 Å². The number of allylic oxidation sites excluding steroid dienone is 4. The molecule has 0 atom stereocenters. The minimum absolute atomic E-state index is 0.264. The minimum Gasteiger partial charge on any atom is -0.501 e. The van der Waals surface area contributed by atoms with Crippen LogP contribution in [0.25, 0.3) is 16.3 Å². The lowest BCUT2D eigenvalue weighted by Crippen LogP contribution is -2.43. The van der Waals surface area contributed by atoms with Crippen LogP contribution >= 0.6 is 0 Å². The molecule has 142 valence electrons. The van der Waals surface area contributed by atoms with Gasteiger partial charge >= 0.3 is 5.63 Å². The van der Waals surface area contributed by atoms with Crippen LogP contribution in [0.4, 0.5) is 5.69 Å². The summed E-state index contributed by atoms with van der Waals surface area (Å²) in [7, 11) is 1.72. The Morgan fingerprint density at radius 3 is 2.74 bits per heavy atom. The number of piperazine rings is 1. The largest absolute Gasteiger partial charge is 0.501 e. The standard InChI is InChI=1S/C22H26N2O3/c1-3-15-12-17(5-7-20(15)26-2)21-13-16-4-6-18(14-19(16)22(25)27-21)24-10-8-23-9-11-24/h4,6,12-14,23H,3,5,7-11H2,1-2H3. The Morgan fingerprint density at radius 2 is 2.00 bits per heavy atom. The van der Waals surface area contributed by atoms with Crippen molar-refractivity contribution in [2.24, 2.45) is 0 Å². The average molecular weight is 366 g/mol. The summed E-state index contributed by atoms with van der Waals surface area (Å²) in [6.07, 6.45) is 4.68. The highest BCUT2D eigenvalue weighted by Gasteiger charge is 2.18. The molecule has 1 aromatic carbocycles. The minimum atomic E-state index is -0.264. The van der Waals surface area contributed by atoms with Gasteiger partial charge in [-0.3, -0.25) is 0 Å². The Balaban J connectivity index is 1.71. The molecule has 1 aliphatic carbocycles. The lowest BCUT2D eigenvalue weighted by Gasteiger charge is -2.29. The van der Waals surface area contributed by atoms with Gasteiger partial charge in [0, 0.05) is 38.3 Å². The van der Waals surface area contributed by atoms with Gasteiger partial charge in [0.2, 0.25) is 0 Å². The van der Waals surface area contributed by atoms with E-state index in [9.17, 15) is 4.79 Å². The van der Waals surface area contributed by atoms with Crippen LogP contribution in [-0.4, -0.2) is 33.3 Å². The van der Waals surface area contributed by atoms with Crippen LogP contribution < -0.4 is 15.8 Å². The predicted molar refractivity (Wildman–Crippen MR) is 109 cm³/mol. The van der Waals surface area contributed by atoms with Gasteiger partial charge in [-0.2, -0.15) is 0 Å². The number of ether oxygens (including phenoxy) is 1. The van der Waals surface area contributed by atoms with E-state index in [0.29, 0.717) is 11.1 Å². The summed E-state index contributed by atoms with van der Waals surface area (Å²) in [4.78, 5) is 15.0. The molecular formula is C22H26N2O3. The molecule has 5 nitrogen and oxygen atoms in total. The van der Waals surface area contributed by atoms with Crippen LogP contribution in [0.5, 0.6) is 0 Å². The molecule has 2 heterocycles. The lowest BCUT2D eigenvalue weighted by molar-refractivity contribution is 0.272. The van der Waals surface area contributed by atoms with Gasteiger partial charge in [0.15, 0.2) is 0 Å². The van der Waals surface area contributed by atoms with E-state index in [1.54, 1.807) is 7.11 Å². The van der Waals surface area contributed by atoms with Gasteiger partial charge in [0.05, 0.1) is 18.3 Å². The molecule has 1 aliphatic heterocycles. The molecule has 0 unspecified atom stereocenters. The number of methoxy groups -OCH3 is 1. The quantitative estimate of drug-likeness (QED) is 0.894. The van der Waals surface area contributed by atoms with Gasteiger partial charge in [-0.05, 0) is 53.6 Å². The monoisotopic (exact) mass is 366 g/mol. The molecule has 1 aromatic heterocycles. The van der Waals surface area contributed by atoms with Gasteiger partial charge in [-0.25, -0.2) is 4.79 Å². The third-order valence-electron chi connectivity index (χ3n) is 5.50. The normalized spacial score (nSPS) is 18.0. The van der Waals surface area contributed by atoms with Crippen LogP contribution in [0.3, 0.4) is 0 Å². The zero-order valence-electron chi connectivity index (χ0n) is 16.0. The first-order chi connectivity index (χ1) is 13.2. The summed E-state index contributed by atoms with van der Waals surface area (Å²) in [5, 5.41) is 4.93. The lowest BCUT2D eigenvalue weighted by atomic mass is 9.94. The van der Waals surface area contributed by atoms with Crippen molar-refractivity contribution in [1.82, 2.24) is 5.32 Å². The maximum Gasteiger partial charge on any atom is 0.344 e. The summed E-state index contributed by atoms with van der Waals surface area (Å²) >= 11 is 0. The first kappa shape index (κ1) is 17.9. The van der Waals surface area contributed by atoms with Crippen molar-refractivity contribution in [3.05, 3.63) is 57.9 Å². The van der Waals surface area contributed by atoms with Crippen molar-refractivity contribution in [1.29, 1.82) is 0 Å². The molecule has 0 bridgehead atoms. The predicted octanol–water partition coefficient (Wildman–Crippen LogP) is 3.69. The molecule has 1 fully saturated rings. The van der Waals surface area contributed by atoms with Crippen molar-refractivity contribution in [2.75, 3.05) is 38.2 Å². The fraction of sp³-hybridized carbons (Fsp3) is 0.409. The molecule has 0 amide bonds. The second kappa shape index (κ2) is 7.61. The van der Waals surface area contributed by atoms with Crippen LogP contribution in [0.2, 0.25) is 0 Å². The third kappa shape index (κ3) is 3.52. The highest BCUT2D eigenvalue weighted by atomic mass is 16.5. The molecule has 0 spiro atoms. The molecule has 2 aromatic rings. The van der Waals surface area contributed by atoms with Crippen LogP contribution in [-0.2, 0) is 4.74 Å². The number of anilines is 1. The van der Waals surface area contributed by atoms with E-state index in [0.717, 1.165) is 67.8 Å². The summed E-state index contributed by atoms with van der Waals surface area (Å²) in [5.74, 6) is 1.70. The van der Waals surface area contributed by atoms with Gasteiger partial charge in [0.25, 0.3) is 0 Å². The Morgan fingerprint density at radius 1 is 1.19 bits per heavy atom. The highest BCUT2D eigenvalue weighted by molar-refractivity contribution is 5.87. The van der Waals surface area contributed by atoms with E-state index in [-0.39, 0.29) is 5.63 Å². The summed E-state index contributed by atoms with van der Waals surface area (Å²) < 4.78 is 11.2. The number of hydrogen-bond donors (Lipinski definition) is 1. The van der Waals surface area contributed by atoms with Gasteiger partial charge < -0.3 is 19.4 Å². The second-order valence-corrected chi connectivity index (χ2v) is 7.08.